The molecule has 4 aromatic rings. The third-order valence-electron chi connectivity index (χ3n) is 5.62. The van der Waals surface area contributed by atoms with Crippen molar-refractivity contribution < 1.29 is 14.6 Å². The van der Waals surface area contributed by atoms with Crippen molar-refractivity contribution in [1.82, 2.24) is 9.78 Å². The van der Waals surface area contributed by atoms with Gasteiger partial charge in [0.1, 0.15) is 6.10 Å². The van der Waals surface area contributed by atoms with Gasteiger partial charge in [0.05, 0.1) is 17.4 Å². The predicted molar refractivity (Wildman–Crippen MR) is 127 cm³/mol. The zero-order valence-electron chi connectivity index (χ0n) is 18.3. The summed E-state index contributed by atoms with van der Waals surface area (Å²) in [4.78, 5) is 11.1. The largest absolute Gasteiger partial charge is 0.483 e. The molecule has 4 rings (SSSR count). The third-order valence-corrected chi connectivity index (χ3v) is 5.62. The molecule has 1 atom stereocenters. The van der Waals surface area contributed by atoms with Crippen LogP contribution in [0.4, 0.5) is 5.69 Å². The average Bonchev–Trinajstić information content (AvgIpc) is 3.22. The topological polar surface area (TPSA) is 90.4 Å². The molecule has 3 aromatic carbocycles. The summed E-state index contributed by atoms with van der Waals surface area (Å²) in [5.41, 5.74) is 11.7. The van der Waals surface area contributed by atoms with Gasteiger partial charge in [-0.25, -0.2) is 0 Å². The first kappa shape index (κ1) is 21.4. The number of rotatable bonds is 8. The Hall–Kier alpha value is -3.80. The van der Waals surface area contributed by atoms with Crippen molar-refractivity contribution in [2.75, 3.05) is 5.73 Å². The zero-order chi connectivity index (χ0) is 22.7. The summed E-state index contributed by atoms with van der Waals surface area (Å²) in [6.07, 6.45) is 2.10. The second-order valence-electron chi connectivity index (χ2n) is 7.86. The van der Waals surface area contributed by atoms with Crippen LogP contribution in [0.1, 0.15) is 37.5 Å². The van der Waals surface area contributed by atoms with Gasteiger partial charge in [-0.3, -0.25) is 9.48 Å². The van der Waals surface area contributed by atoms with Crippen LogP contribution in [0.2, 0.25) is 0 Å². The smallest absolute Gasteiger partial charge is 0.303 e. The Morgan fingerprint density at radius 2 is 1.94 bits per heavy atom. The minimum Gasteiger partial charge on any atom is -0.483 e. The molecule has 0 saturated heterocycles. The lowest BCUT2D eigenvalue weighted by molar-refractivity contribution is -0.136. The SMILES string of the molecule is CCn1ncc2cc(-c3cc(CCC(=O)O)cc(N)c3OC(C)c3ccccc3)ccc21. The second-order valence-corrected chi connectivity index (χ2v) is 7.86. The molecule has 1 unspecified atom stereocenters. The maximum absolute atomic E-state index is 11.1. The van der Waals surface area contributed by atoms with Crippen molar-refractivity contribution in [2.45, 2.75) is 39.3 Å². The number of carboxylic acids is 1. The lowest BCUT2D eigenvalue weighted by atomic mass is 9.97. The number of hydrogen-bond donors (Lipinski definition) is 2. The van der Waals surface area contributed by atoms with Gasteiger partial charge in [-0.05, 0) is 61.2 Å². The lowest BCUT2D eigenvalue weighted by Crippen LogP contribution is -2.07. The number of hydrogen-bond acceptors (Lipinski definition) is 4. The van der Waals surface area contributed by atoms with E-state index in [2.05, 4.69) is 18.1 Å². The lowest BCUT2D eigenvalue weighted by Gasteiger charge is -2.21. The van der Waals surface area contributed by atoms with Crippen molar-refractivity contribution in [2.24, 2.45) is 0 Å². The number of aromatic nitrogens is 2. The molecular weight excluding hydrogens is 402 g/mol. The van der Waals surface area contributed by atoms with Gasteiger partial charge in [0.2, 0.25) is 0 Å². The molecule has 0 amide bonds. The highest BCUT2D eigenvalue weighted by Crippen LogP contribution is 2.40. The number of aryl methyl sites for hydroxylation is 2. The number of anilines is 1. The Labute approximate surface area is 187 Å². The van der Waals surface area contributed by atoms with E-state index in [9.17, 15) is 4.79 Å². The Bertz CT molecular complexity index is 1250. The molecule has 3 N–H and O–H groups in total. The van der Waals surface area contributed by atoms with Crippen LogP contribution >= 0.6 is 0 Å². The zero-order valence-corrected chi connectivity index (χ0v) is 18.3. The minimum atomic E-state index is -0.837. The average molecular weight is 430 g/mol. The van der Waals surface area contributed by atoms with E-state index in [4.69, 9.17) is 15.6 Å². The minimum absolute atomic E-state index is 0.0435. The van der Waals surface area contributed by atoms with Gasteiger partial charge in [-0.1, -0.05) is 36.4 Å². The van der Waals surface area contributed by atoms with Gasteiger partial charge in [-0.2, -0.15) is 5.10 Å². The number of nitrogens with two attached hydrogens (primary N) is 1. The van der Waals surface area contributed by atoms with E-state index >= 15 is 0 Å². The number of nitrogens with zero attached hydrogens (tertiary/aromatic N) is 2. The fraction of sp³-hybridized carbons (Fsp3) is 0.231. The van der Waals surface area contributed by atoms with E-state index in [1.807, 2.05) is 72.4 Å². The molecule has 1 heterocycles. The number of nitrogen functional groups attached to an aromatic ring is 1. The van der Waals surface area contributed by atoms with Gasteiger partial charge in [0, 0.05) is 23.9 Å². The molecule has 0 saturated carbocycles. The Morgan fingerprint density at radius 1 is 1.16 bits per heavy atom. The van der Waals surface area contributed by atoms with E-state index in [-0.39, 0.29) is 12.5 Å². The summed E-state index contributed by atoms with van der Waals surface area (Å²) in [5.74, 6) is -0.237. The van der Waals surface area contributed by atoms with Gasteiger partial charge in [-0.15, -0.1) is 0 Å². The van der Waals surface area contributed by atoms with Crippen molar-refractivity contribution in [1.29, 1.82) is 0 Å². The number of benzene rings is 3. The molecule has 0 aliphatic rings. The van der Waals surface area contributed by atoms with E-state index in [1.165, 1.54) is 0 Å². The summed E-state index contributed by atoms with van der Waals surface area (Å²) in [7, 11) is 0. The molecule has 0 aliphatic heterocycles. The van der Waals surface area contributed by atoms with Crippen LogP contribution in [0.5, 0.6) is 5.75 Å². The Balaban J connectivity index is 1.79. The summed E-state index contributed by atoms with van der Waals surface area (Å²) in [5, 5.41) is 14.6. The van der Waals surface area contributed by atoms with E-state index in [0.29, 0.717) is 17.9 Å². The van der Waals surface area contributed by atoms with Gasteiger partial charge in [0.25, 0.3) is 0 Å². The molecule has 164 valence electrons. The number of aliphatic carboxylic acids is 1. The molecule has 0 aliphatic carbocycles. The molecule has 0 radical (unpaired) electrons. The summed E-state index contributed by atoms with van der Waals surface area (Å²) in [6, 6.07) is 19.9. The first-order valence-electron chi connectivity index (χ1n) is 10.8. The molecule has 0 bridgehead atoms. The van der Waals surface area contributed by atoms with Crippen LogP contribution in [0, 0.1) is 0 Å². The summed E-state index contributed by atoms with van der Waals surface area (Å²) < 4.78 is 8.32. The van der Waals surface area contributed by atoms with Crippen LogP contribution in [-0.2, 0) is 17.8 Å². The van der Waals surface area contributed by atoms with Crippen LogP contribution < -0.4 is 10.5 Å². The monoisotopic (exact) mass is 429 g/mol. The molecule has 32 heavy (non-hydrogen) atoms. The van der Waals surface area contributed by atoms with Gasteiger partial charge in [0.15, 0.2) is 5.75 Å². The maximum Gasteiger partial charge on any atom is 0.303 e. The highest BCUT2D eigenvalue weighted by molar-refractivity contribution is 5.87. The first-order chi connectivity index (χ1) is 15.5. The second kappa shape index (κ2) is 9.14. The van der Waals surface area contributed by atoms with Crippen LogP contribution in [0.3, 0.4) is 0 Å². The third kappa shape index (κ3) is 4.44. The van der Waals surface area contributed by atoms with Crippen molar-refractivity contribution in [3.05, 3.63) is 78.0 Å². The molecule has 6 heteroatoms. The van der Waals surface area contributed by atoms with E-state index < -0.39 is 5.97 Å². The van der Waals surface area contributed by atoms with Gasteiger partial charge < -0.3 is 15.6 Å². The molecule has 6 nitrogen and oxygen atoms in total. The Morgan fingerprint density at radius 3 is 2.66 bits per heavy atom. The quantitative estimate of drug-likeness (QED) is 0.363. The van der Waals surface area contributed by atoms with Crippen molar-refractivity contribution in [3.63, 3.8) is 0 Å². The molecule has 0 fully saturated rings. The van der Waals surface area contributed by atoms with Crippen LogP contribution in [0.25, 0.3) is 22.0 Å². The number of ether oxygens (including phenoxy) is 1. The highest BCUT2D eigenvalue weighted by Gasteiger charge is 2.17. The molecule has 1 aromatic heterocycles. The van der Waals surface area contributed by atoms with Gasteiger partial charge >= 0.3 is 5.97 Å². The predicted octanol–water partition coefficient (Wildman–Crippen LogP) is 5.46. The highest BCUT2D eigenvalue weighted by atomic mass is 16.5. The number of carboxylic acid groups (broad SMARTS) is 1. The molecule has 0 spiro atoms. The standard InChI is InChI=1S/C26H27N3O3/c1-3-29-24-11-10-20(15-21(24)16-28-29)22-13-18(9-12-25(30)31)14-23(27)26(22)32-17(2)19-7-5-4-6-8-19/h4-8,10-11,13-17H,3,9,12,27H2,1-2H3,(H,30,31). The van der Waals surface area contributed by atoms with Crippen LogP contribution in [-0.4, -0.2) is 20.9 Å². The fourth-order valence-corrected chi connectivity index (χ4v) is 3.93. The van der Waals surface area contributed by atoms with Crippen molar-refractivity contribution in [3.8, 4) is 16.9 Å². The van der Waals surface area contributed by atoms with E-state index in [0.717, 1.165) is 39.7 Å². The van der Waals surface area contributed by atoms with E-state index in [1.54, 1.807) is 0 Å². The summed E-state index contributed by atoms with van der Waals surface area (Å²) >= 11 is 0. The normalized spacial score (nSPS) is 12.1. The number of carbonyl (C=O) groups is 1. The van der Waals surface area contributed by atoms with Crippen LogP contribution in [0.15, 0.2) is 66.9 Å². The fourth-order valence-electron chi connectivity index (χ4n) is 3.93. The van der Waals surface area contributed by atoms with Crippen molar-refractivity contribution >= 4 is 22.6 Å². The first-order valence-corrected chi connectivity index (χ1v) is 10.8. The number of fused-ring (bicyclic) bond motifs is 1. The summed E-state index contributed by atoms with van der Waals surface area (Å²) in [6.45, 7) is 4.85. The Kier molecular flexibility index (Phi) is 6.12. The molecular formula is C26H27N3O3. The maximum atomic E-state index is 11.1.